The molecule has 2 rings (SSSR count). The maximum Gasteiger partial charge on any atom is 0.335 e. The van der Waals surface area contributed by atoms with Gasteiger partial charge in [0.15, 0.2) is 0 Å². The van der Waals surface area contributed by atoms with Gasteiger partial charge in [-0.1, -0.05) is 30.7 Å². The molecule has 0 fully saturated rings. The number of hydrogen-bond acceptors (Lipinski definition) is 4. The van der Waals surface area contributed by atoms with E-state index in [1.165, 1.54) is 4.31 Å². The molecule has 1 aliphatic heterocycles. The molecule has 0 N–H and O–H groups in total. The third kappa shape index (κ3) is 3.87. The average Bonchev–Trinajstić information content (AvgIpc) is 2.90. The zero-order valence-electron chi connectivity index (χ0n) is 14.9. The molecule has 1 aliphatic rings. The zero-order valence-corrected chi connectivity index (χ0v) is 15.7. The Labute approximate surface area is 144 Å². The van der Waals surface area contributed by atoms with E-state index in [1.807, 2.05) is 13.8 Å². The van der Waals surface area contributed by atoms with Crippen LogP contribution in [0.3, 0.4) is 0 Å². The molecule has 0 spiro atoms. The molecule has 24 heavy (non-hydrogen) atoms. The fraction of sp³-hybridized carbons (Fsp3) is 0.500. The van der Waals surface area contributed by atoms with Crippen LogP contribution in [0.2, 0.25) is 0 Å². The third-order valence-electron chi connectivity index (χ3n) is 3.85. The van der Waals surface area contributed by atoms with E-state index in [1.54, 1.807) is 51.1 Å². The molecule has 1 heterocycles. The van der Waals surface area contributed by atoms with Gasteiger partial charge in [0.2, 0.25) is 10.0 Å². The van der Waals surface area contributed by atoms with Crippen LogP contribution in [0, 0.1) is 6.92 Å². The fourth-order valence-corrected chi connectivity index (χ4v) is 4.32. The number of esters is 1. The first-order valence-corrected chi connectivity index (χ1v) is 9.52. The Morgan fingerprint density at radius 1 is 1.25 bits per heavy atom. The molecule has 0 unspecified atom stereocenters. The summed E-state index contributed by atoms with van der Waals surface area (Å²) in [7, 11) is -3.65. The Morgan fingerprint density at radius 2 is 1.83 bits per heavy atom. The van der Waals surface area contributed by atoms with Crippen LogP contribution < -0.4 is 0 Å². The van der Waals surface area contributed by atoms with Crippen molar-refractivity contribution in [2.24, 2.45) is 0 Å². The Hall–Kier alpha value is -1.66. The Morgan fingerprint density at radius 3 is 2.33 bits per heavy atom. The van der Waals surface area contributed by atoms with Crippen molar-refractivity contribution >= 4 is 16.0 Å². The van der Waals surface area contributed by atoms with Crippen LogP contribution in [0.1, 0.15) is 39.7 Å². The summed E-state index contributed by atoms with van der Waals surface area (Å²) in [4.78, 5) is 12.6. The van der Waals surface area contributed by atoms with E-state index < -0.39 is 27.6 Å². The topological polar surface area (TPSA) is 63.7 Å². The highest BCUT2D eigenvalue weighted by Crippen LogP contribution is 2.30. The Kier molecular flexibility index (Phi) is 5.20. The monoisotopic (exact) mass is 351 g/mol. The number of carbonyl (C=O) groups is 1. The second-order valence-electron chi connectivity index (χ2n) is 6.97. The van der Waals surface area contributed by atoms with E-state index in [4.69, 9.17) is 4.74 Å². The standard InChI is InChI=1S/C18H25NO4S/c1-6-16-15(17(20)23-18(3,4)5)11-12-19(16)24(21,22)14-9-7-13(2)8-10-14/h7-11,16H,6,12H2,1-5H3/t16-/m0/s1. The van der Waals surface area contributed by atoms with Crippen molar-refractivity contribution < 1.29 is 17.9 Å². The summed E-state index contributed by atoms with van der Waals surface area (Å²) in [6.07, 6.45) is 2.17. The van der Waals surface area contributed by atoms with Crippen molar-refractivity contribution in [3.63, 3.8) is 0 Å². The summed E-state index contributed by atoms with van der Waals surface area (Å²) in [6, 6.07) is 6.25. The van der Waals surface area contributed by atoms with E-state index in [0.29, 0.717) is 12.0 Å². The van der Waals surface area contributed by atoms with E-state index >= 15 is 0 Å². The van der Waals surface area contributed by atoms with Crippen LogP contribution in [0.25, 0.3) is 0 Å². The van der Waals surface area contributed by atoms with Crippen molar-refractivity contribution in [2.45, 2.75) is 57.6 Å². The minimum Gasteiger partial charge on any atom is -0.457 e. The lowest BCUT2D eigenvalue weighted by molar-refractivity contribution is -0.150. The van der Waals surface area contributed by atoms with Gasteiger partial charge in [0.05, 0.1) is 16.5 Å². The molecule has 0 radical (unpaired) electrons. The zero-order chi connectivity index (χ0) is 18.1. The van der Waals surface area contributed by atoms with Gasteiger partial charge < -0.3 is 4.74 Å². The smallest absolute Gasteiger partial charge is 0.335 e. The maximum atomic E-state index is 12.9. The highest BCUT2D eigenvalue weighted by Gasteiger charge is 2.39. The van der Waals surface area contributed by atoms with Gasteiger partial charge in [0.1, 0.15) is 5.60 Å². The van der Waals surface area contributed by atoms with E-state index in [2.05, 4.69) is 0 Å². The second-order valence-corrected chi connectivity index (χ2v) is 8.86. The molecule has 1 aromatic rings. The number of carbonyl (C=O) groups excluding carboxylic acids is 1. The largest absolute Gasteiger partial charge is 0.457 e. The van der Waals surface area contributed by atoms with E-state index in [0.717, 1.165) is 5.56 Å². The van der Waals surface area contributed by atoms with Crippen LogP contribution >= 0.6 is 0 Å². The van der Waals surface area contributed by atoms with E-state index in [-0.39, 0.29) is 11.4 Å². The van der Waals surface area contributed by atoms with Gasteiger partial charge in [-0.25, -0.2) is 13.2 Å². The number of rotatable bonds is 4. The average molecular weight is 351 g/mol. The number of nitrogens with zero attached hydrogens (tertiary/aromatic N) is 1. The molecule has 6 heteroatoms. The van der Waals surface area contributed by atoms with Gasteiger partial charge in [0, 0.05) is 6.54 Å². The molecular weight excluding hydrogens is 326 g/mol. The molecule has 0 amide bonds. The highest BCUT2D eigenvalue weighted by atomic mass is 32.2. The van der Waals surface area contributed by atoms with Crippen LogP contribution in [0.5, 0.6) is 0 Å². The van der Waals surface area contributed by atoms with Crippen LogP contribution in [-0.2, 0) is 19.6 Å². The predicted octanol–water partition coefficient (Wildman–Crippen LogP) is 3.05. The predicted molar refractivity (Wildman–Crippen MR) is 93.1 cm³/mol. The van der Waals surface area contributed by atoms with Crippen molar-refractivity contribution in [1.82, 2.24) is 4.31 Å². The minimum absolute atomic E-state index is 0.184. The lowest BCUT2D eigenvalue weighted by atomic mass is 10.1. The molecule has 0 saturated heterocycles. The van der Waals surface area contributed by atoms with Crippen LogP contribution in [-0.4, -0.2) is 36.9 Å². The number of benzene rings is 1. The van der Waals surface area contributed by atoms with Crippen LogP contribution in [0.4, 0.5) is 0 Å². The Balaban J connectivity index is 2.27. The van der Waals surface area contributed by atoms with Gasteiger partial charge in [0.25, 0.3) is 0 Å². The molecule has 132 valence electrons. The molecule has 0 aliphatic carbocycles. The maximum absolute atomic E-state index is 12.9. The summed E-state index contributed by atoms with van der Waals surface area (Å²) in [6.45, 7) is 9.34. The molecule has 1 aromatic carbocycles. The SMILES string of the molecule is CC[C@H]1C(C(=O)OC(C)(C)C)=CCN1S(=O)(=O)c1ccc(C)cc1. The number of aryl methyl sites for hydroxylation is 1. The van der Waals surface area contributed by atoms with E-state index in [9.17, 15) is 13.2 Å². The molecular formula is C18H25NO4S. The third-order valence-corrected chi connectivity index (χ3v) is 5.74. The van der Waals surface area contributed by atoms with Crippen LogP contribution in [0.15, 0.2) is 40.8 Å². The van der Waals surface area contributed by atoms with Crippen molar-refractivity contribution in [3.05, 3.63) is 41.5 Å². The highest BCUT2D eigenvalue weighted by molar-refractivity contribution is 7.89. The van der Waals surface area contributed by atoms with Gasteiger partial charge in [-0.3, -0.25) is 0 Å². The van der Waals surface area contributed by atoms with Gasteiger partial charge in [-0.15, -0.1) is 0 Å². The molecule has 0 bridgehead atoms. The first-order valence-electron chi connectivity index (χ1n) is 8.08. The minimum atomic E-state index is -3.65. The van der Waals surface area contributed by atoms with Crippen molar-refractivity contribution in [3.8, 4) is 0 Å². The molecule has 0 aromatic heterocycles. The number of ether oxygens (including phenoxy) is 1. The van der Waals surface area contributed by atoms with Gasteiger partial charge >= 0.3 is 5.97 Å². The summed E-state index contributed by atoms with van der Waals surface area (Å²) in [5.74, 6) is -0.448. The van der Waals surface area contributed by atoms with Gasteiger partial charge in [-0.2, -0.15) is 4.31 Å². The quantitative estimate of drug-likeness (QED) is 0.782. The van der Waals surface area contributed by atoms with Crippen molar-refractivity contribution in [1.29, 1.82) is 0 Å². The number of sulfonamides is 1. The first-order chi connectivity index (χ1) is 11.1. The molecule has 0 saturated carbocycles. The first kappa shape index (κ1) is 18.7. The summed E-state index contributed by atoms with van der Waals surface area (Å²) >= 11 is 0. The lowest BCUT2D eigenvalue weighted by Crippen LogP contribution is -2.39. The number of hydrogen-bond donors (Lipinski definition) is 0. The van der Waals surface area contributed by atoms with Gasteiger partial charge in [-0.05, 0) is 46.2 Å². The summed E-state index contributed by atoms with van der Waals surface area (Å²) < 4.78 is 32.6. The normalized spacial score (nSPS) is 19.2. The Bertz CT molecular complexity index is 742. The molecule has 1 atom stereocenters. The fourth-order valence-electron chi connectivity index (χ4n) is 2.70. The summed E-state index contributed by atoms with van der Waals surface area (Å²) in [5.41, 5.74) is 0.803. The van der Waals surface area contributed by atoms with Crippen molar-refractivity contribution in [2.75, 3.05) is 6.54 Å². The lowest BCUT2D eigenvalue weighted by Gasteiger charge is -2.26. The summed E-state index contributed by atoms with van der Waals surface area (Å²) in [5, 5.41) is 0. The molecule has 5 nitrogen and oxygen atoms in total. The second kappa shape index (κ2) is 6.69.